The van der Waals surface area contributed by atoms with E-state index in [1.54, 1.807) is 17.4 Å². The van der Waals surface area contributed by atoms with Crippen molar-refractivity contribution in [2.45, 2.75) is 13.0 Å². The number of phenolic OH excluding ortho intramolecular Hbond substituents is 1. The first-order valence-electron chi connectivity index (χ1n) is 4.77. The van der Waals surface area contributed by atoms with Gasteiger partial charge in [-0.1, -0.05) is 18.2 Å². The number of phenols is 1. The van der Waals surface area contributed by atoms with Gasteiger partial charge in [-0.25, -0.2) is 0 Å². The summed E-state index contributed by atoms with van der Waals surface area (Å²) in [7, 11) is 0. The van der Waals surface area contributed by atoms with Gasteiger partial charge in [-0.15, -0.1) is 11.3 Å². The Morgan fingerprint density at radius 2 is 2.13 bits per heavy atom. The third-order valence-electron chi connectivity index (χ3n) is 2.43. The zero-order valence-electron chi connectivity index (χ0n) is 8.47. The van der Waals surface area contributed by atoms with E-state index in [-0.39, 0.29) is 6.04 Å². The van der Waals surface area contributed by atoms with Crippen molar-refractivity contribution in [3.63, 3.8) is 0 Å². The van der Waals surface area contributed by atoms with Gasteiger partial charge in [0.05, 0.1) is 6.04 Å². The van der Waals surface area contributed by atoms with Gasteiger partial charge in [0.15, 0.2) is 0 Å². The van der Waals surface area contributed by atoms with E-state index in [9.17, 15) is 5.11 Å². The SMILES string of the molecule is Cc1cc([C@H](N)c2cccs2)ccc1O. The first-order valence-corrected chi connectivity index (χ1v) is 5.65. The minimum Gasteiger partial charge on any atom is -0.508 e. The van der Waals surface area contributed by atoms with E-state index in [1.165, 1.54) is 0 Å². The Kier molecular flexibility index (Phi) is 2.75. The minimum atomic E-state index is -0.0932. The molecule has 78 valence electrons. The third-order valence-corrected chi connectivity index (χ3v) is 3.39. The smallest absolute Gasteiger partial charge is 0.118 e. The molecule has 1 aromatic carbocycles. The number of hydrogen-bond acceptors (Lipinski definition) is 3. The average molecular weight is 219 g/mol. The van der Waals surface area contributed by atoms with E-state index >= 15 is 0 Å². The Balaban J connectivity index is 2.34. The Labute approximate surface area is 93.0 Å². The summed E-state index contributed by atoms with van der Waals surface area (Å²) in [5.74, 6) is 0.317. The molecular formula is C12H13NOS. The number of thiophene rings is 1. The lowest BCUT2D eigenvalue weighted by Gasteiger charge is -2.11. The summed E-state index contributed by atoms with van der Waals surface area (Å²) >= 11 is 1.65. The highest BCUT2D eigenvalue weighted by Gasteiger charge is 2.10. The topological polar surface area (TPSA) is 46.2 Å². The molecule has 0 saturated heterocycles. The summed E-state index contributed by atoms with van der Waals surface area (Å²) in [6.07, 6.45) is 0. The Hall–Kier alpha value is -1.32. The predicted molar refractivity (Wildman–Crippen MR) is 63.2 cm³/mol. The van der Waals surface area contributed by atoms with Crippen molar-refractivity contribution in [1.29, 1.82) is 0 Å². The fourth-order valence-corrected chi connectivity index (χ4v) is 2.26. The van der Waals surface area contributed by atoms with Crippen molar-refractivity contribution in [2.75, 3.05) is 0 Å². The lowest BCUT2D eigenvalue weighted by Crippen LogP contribution is -2.10. The quantitative estimate of drug-likeness (QED) is 0.815. The van der Waals surface area contributed by atoms with Gasteiger partial charge in [-0.3, -0.25) is 0 Å². The third kappa shape index (κ3) is 2.03. The van der Waals surface area contributed by atoms with Crippen molar-refractivity contribution < 1.29 is 5.11 Å². The molecule has 2 aromatic rings. The Bertz CT molecular complexity index is 451. The van der Waals surface area contributed by atoms with E-state index in [1.807, 2.05) is 36.6 Å². The van der Waals surface area contributed by atoms with Crippen LogP contribution in [-0.2, 0) is 0 Å². The van der Waals surface area contributed by atoms with Gasteiger partial charge in [-0.2, -0.15) is 0 Å². The molecule has 1 aromatic heterocycles. The number of hydrogen-bond donors (Lipinski definition) is 2. The molecule has 0 amide bonds. The number of benzene rings is 1. The molecule has 3 heteroatoms. The van der Waals surface area contributed by atoms with Gasteiger partial charge in [0.25, 0.3) is 0 Å². The molecule has 0 aliphatic heterocycles. The standard InChI is InChI=1S/C12H13NOS/c1-8-7-9(4-5-10(8)14)12(13)11-3-2-6-15-11/h2-7,12,14H,13H2,1H3/t12-/m0/s1. The largest absolute Gasteiger partial charge is 0.508 e. The summed E-state index contributed by atoms with van der Waals surface area (Å²) < 4.78 is 0. The highest BCUT2D eigenvalue weighted by Crippen LogP contribution is 2.26. The van der Waals surface area contributed by atoms with Crippen LogP contribution in [0.1, 0.15) is 22.0 Å². The maximum absolute atomic E-state index is 9.42. The van der Waals surface area contributed by atoms with Gasteiger partial charge < -0.3 is 10.8 Å². The van der Waals surface area contributed by atoms with E-state index in [4.69, 9.17) is 5.73 Å². The van der Waals surface area contributed by atoms with Crippen molar-refractivity contribution in [1.82, 2.24) is 0 Å². The van der Waals surface area contributed by atoms with Gasteiger partial charge in [0, 0.05) is 4.88 Å². The minimum absolute atomic E-state index is 0.0932. The van der Waals surface area contributed by atoms with E-state index < -0.39 is 0 Å². The van der Waals surface area contributed by atoms with Crippen LogP contribution in [0, 0.1) is 6.92 Å². The summed E-state index contributed by atoms with van der Waals surface area (Å²) in [4.78, 5) is 1.14. The van der Waals surface area contributed by atoms with Gasteiger partial charge in [-0.05, 0) is 35.6 Å². The fraction of sp³-hybridized carbons (Fsp3) is 0.167. The highest BCUT2D eigenvalue weighted by atomic mass is 32.1. The van der Waals surface area contributed by atoms with Crippen LogP contribution >= 0.6 is 11.3 Å². The van der Waals surface area contributed by atoms with Crippen molar-refractivity contribution in [2.24, 2.45) is 5.73 Å². The van der Waals surface area contributed by atoms with Crippen LogP contribution in [0.2, 0.25) is 0 Å². The Morgan fingerprint density at radius 3 is 2.73 bits per heavy atom. The predicted octanol–water partition coefficient (Wildman–Crippen LogP) is 2.81. The van der Waals surface area contributed by atoms with Gasteiger partial charge >= 0.3 is 0 Å². The molecule has 3 N–H and O–H groups in total. The van der Waals surface area contributed by atoms with Crippen LogP contribution in [0.25, 0.3) is 0 Å². The molecule has 2 rings (SSSR count). The molecule has 0 saturated carbocycles. The van der Waals surface area contributed by atoms with Crippen LogP contribution in [0.15, 0.2) is 35.7 Å². The van der Waals surface area contributed by atoms with Crippen LogP contribution < -0.4 is 5.73 Å². The molecule has 0 unspecified atom stereocenters. The maximum atomic E-state index is 9.42. The van der Waals surface area contributed by atoms with Crippen LogP contribution in [-0.4, -0.2) is 5.11 Å². The number of nitrogens with two attached hydrogens (primary N) is 1. The zero-order chi connectivity index (χ0) is 10.8. The number of rotatable bonds is 2. The van der Waals surface area contributed by atoms with E-state index in [0.717, 1.165) is 16.0 Å². The highest BCUT2D eigenvalue weighted by molar-refractivity contribution is 7.10. The summed E-state index contributed by atoms with van der Waals surface area (Å²) in [6.45, 7) is 1.87. The maximum Gasteiger partial charge on any atom is 0.118 e. The first-order chi connectivity index (χ1) is 7.18. The number of aryl methyl sites for hydroxylation is 1. The Morgan fingerprint density at radius 1 is 1.33 bits per heavy atom. The van der Waals surface area contributed by atoms with E-state index in [0.29, 0.717) is 5.75 Å². The lowest BCUT2D eigenvalue weighted by molar-refractivity contribution is 0.470. The fourth-order valence-electron chi connectivity index (χ4n) is 1.50. The molecule has 0 bridgehead atoms. The molecule has 0 fully saturated rings. The van der Waals surface area contributed by atoms with Gasteiger partial charge in [0.2, 0.25) is 0 Å². The molecule has 0 spiro atoms. The molecule has 2 nitrogen and oxygen atoms in total. The molecule has 1 atom stereocenters. The van der Waals surface area contributed by atoms with Crippen molar-refractivity contribution >= 4 is 11.3 Å². The second-order valence-corrected chi connectivity index (χ2v) is 4.52. The average Bonchev–Trinajstić information content (AvgIpc) is 2.74. The summed E-state index contributed by atoms with van der Waals surface area (Å²) in [6, 6.07) is 9.42. The molecule has 0 aliphatic carbocycles. The van der Waals surface area contributed by atoms with Crippen molar-refractivity contribution in [3.8, 4) is 5.75 Å². The van der Waals surface area contributed by atoms with E-state index in [2.05, 4.69) is 0 Å². The molecular weight excluding hydrogens is 206 g/mol. The summed E-state index contributed by atoms with van der Waals surface area (Å²) in [5.41, 5.74) is 8.00. The summed E-state index contributed by atoms with van der Waals surface area (Å²) in [5, 5.41) is 11.4. The number of aromatic hydroxyl groups is 1. The van der Waals surface area contributed by atoms with Crippen molar-refractivity contribution in [3.05, 3.63) is 51.7 Å². The molecule has 0 radical (unpaired) electrons. The monoisotopic (exact) mass is 219 g/mol. The van der Waals surface area contributed by atoms with Crippen LogP contribution in [0.5, 0.6) is 5.75 Å². The zero-order valence-corrected chi connectivity index (χ0v) is 9.29. The lowest BCUT2D eigenvalue weighted by atomic mass is 10.0. The van der Waals surface area contributed by atoms with Gasteiger partial charge in [0.1, 0.15) is 5.75 Å². The molecule has 15 heavy (non-hydrogen) atoms. The first kappa shape index (κ1) is 10.2. The second kappa shape index (κ2) is 4.04. The van der Waals surface area contributed by atoms with Crippen LogP contribution in [0.4, 0.5) is 0 Å². The second-order valence-electron chi connectivity index (χ2n) is 3.54. The van der Waals surface area contributed by atoms with Crippen LogP contribution in [0.3, 0.4) is 0 Å². The normalized spacial score (nSPS) is 12.7. The molecule has 1 heterocycles. The molecule has 0 aliphatic rings.